The molecule has 124 valence electrons. The van der Waals surface area contributed by atoms with Crippen molar-refractivity contribution in [3.8, 4) is 0 Å². The SMILES string of the molecule is CC(C)c1ccc(/C=C(/NC(=O)c2ccc(Cl)cc2)C(=O)O)cc1. The maximum Gasteiger partial charge on any atom is 0.352 e. The van der Waals surface area contributed by atoms with Gasteiger partial charge in [0.05, 0.1) is 0 Å². The van der Waals surface area contributed by atoms with Gasteiger partial charge in [0, 0.05) is 10.6 Å². The predicted octanol–water partition coefficient (Wildman–Crippen LogP) is 4.32. The van der Waals surface area contributed by atoms with Crippen LogP contribution in [0.25, 0.3) is 6.08 Å². The molecule has 4 nitrogen and oxygen atoms in total. The third-order valence-electron chi connectivity index (χ3n) is 3.50. The number of hydrogen-bond donors (Lipinski definition) is 2. The van der Waals surface area contributed by atoms with Gasteiger partial charge < -0.3 is 10.4 Å². The topological polar surface area (TPSA) is 66.4 Å². The van der Waals surface area contributed by atoms with Crippen LogP contribution in [0, 0.1) is 0 Å². The molecule has 0 bridgehead atoms. The summed E-state index contributed by atoms with van der Waals surface area (Å²) in [7, 11) is 0. The fourth-order valence-corrected chi connectivity index (χ4v) is 2.22. The van der Waals surface area contributed by atoms with Crippen LogP contribution in [0.2, 0.25) is 5.02 Å². The maximum absolute atomic E-state index is 12.1. The Bertz CT molecular complexity index is 762. The molecular formula is C19H18ClNO3. The molecule has 0 aliphatic rings. The van der Waals surface area contributed by atoms with Crippen molar-refractivity contribution in [2.75, 3.05) is 0 Å². The summed E-state index contributed by atoms with van der Waals surface area (Å²) < 4.78 is 0. The highest BCUT2D eigenvalue weighted by Crippen LogP contribution is 2.16. The van der Waals surface area contributed by atoms with Crippen molar-refractivity contribution in [1.82, 2.24) is 5.32 Å². The minimum atomic E-state index is -1.20. The van der Waals surface area contributed by atoms with E-state index in [0.717, 1.165) is 5.56 Å². The number of carboxylic acid groups (broad SMARTS) is 1. The predicted molar refractivity (Wildman–Crippen MR) is 95.1 cm³/mol. The minimum Gasteiger partial charge on any atom is -0.477 e. The number of amides is 1. The van der Waals surface area contributed by atoms with Crippen LogP contribution < -0.4 is 5.32 Å². The van der Waals surface area contributed by atoms with Crippen molar-refractivity contribution in [2.24, 2.45) is 0 Å². The van der Waals surface area contributed by atoms with Crippen LogP contribution in [0.3, 0.4) is 0 Å². The Hall–Kier alpha value is -2.59. The van der Waals surface area contributed by atoms with Gasteiger partial charge in [-0.05, 0) is 47.4 Å². The van der Waals surface area contributed by atoms with Gasteiger partial charge in [0.15, 0.2) is 0 Å². The van der Waals surface area contributed by atoms with E-state index in [9.17, 15) is 14.7 Å². The molecule has 24 heavy (non-hydrogen) atoms. The summed E-state index contributed by atoms with van der Waals surface area (Å²) in [5.41, 5.74) is 2.01. The second-order valence-electron chi connectivity index (χ2n) is 5.65. The molecule has 0 atom stereocenters. The van der Waals surface area contributed by atoms with E-state index in [1.165, 1.54) is 18.2 Å². The maximum atomic E-state index is 12.1. The molecule has 0 saturated carbocycles. The average Bonchev–Trinajstić information content (AvgIpc) is 2.55. The van der Waals surface area contributed by atoms with Crippen LogP contribution in [0.1, 0.15) is 41.3 Å². The second kappa shape index (κ2) is 7.79. The third kappa shape index (κ3) is 4.70. The van der Waals surface area contributed by atoms with Crippen molar-refractivity contribution in [2.45, 2.75) is 19.8 Å². The number of carbonyl (C=O) groups is 2. The van der Waals surface area contributed by atoms with Gasteiger partial charge in [0.2, 0.25) is 0 Å². The third-order valence-corrected chi connectivity index (χ3v) is 3.75. The summed E-state index contributed by atoms with van der Waals surface area (Å²) in [6, 6.07) is 13.8. The lowest BCUT2D eigenvalue weighted by molar-refractivity contribution is -0.132. The standard InChI is InChI=1S/C19H18ClNO3/c1-12(2)14-5-3-13(4-6-14)11-17(19(23)24)21-18(22)15-7-9-16(20)10-8-15/h3-12H,1-2H3,(H,21,22)(H,23,24)/b17-11+. The fraction of sp³-hybridized carbons (Fsp3) is 0.158. The number of carbonyl (C=O) groups excluding carboxylic acids is 1. The quantitative estimate of drug-likeness (QED) is 0.794. The molecule has 0 unspecified atom stereocenters. The molecule has 2 N–H and O–H groups in total. The molecule has 0 spiro atoms. The molecule has 0 fully saturated rings. The number of halogens is 1. The van der Waals surface area contributed by atoms with Crippen molar-refractivity contribution in [3.05, 3.63) is 75.9 Å². The van der Waals surface area contributed by atoms with Gasteiger partial charge in [0.25, 0.3) is 5.91 Å². The Labute approximate surface area is 145 Å². The molecule has 0 aromatic heterocycles. The highest BCUT2D eigenvalue weighted by atomic mass is 35.5. The number of aliphatic carboxylic acids is 1. The van der Waals surface area contributed by atoms with E-state index in [-0.39, 0.29) is 5.70 Å². The number of nitrogens with one attached hydrogen (secondary N) is 1. The molecule has 0 aliphatic heterocycles. The van der Waals surface area contributed by atoms with Crippen molar-refractivity contribution in [3.63, 3.8) is 0 Å². The zero-order valence-corrected chi connectivity index (χ0v) is 14.2. The van der Waals surface area contributed by atoms with Crippen LogP contribution in [0.15, 0.2) is 54.2 Å². The molecule has 0 aliphatic carbocycles. The van der Waals surface area contributed by atoms with Crippen LogP contribution in [-0.2, 0) is 4.79 Å². The Morgan fingerprint density at radius 1 is 1.04 bits per heavy atom. The summed E-state index contributed by atoms with van der Waals surface area (Å²) in [5, 5.41) is 12.2. The van der Waals surface area contributed by atoms with Gasteiger partial charge in [0.1, 0.15) is 5.70 Å². The Morgan fingerprint density at radius 3 is 2.12 bits per heavy atom. The van der Waals surface area contributed by atoms with Gasteiger partial charge in [-0.1, -0.05) is 49.7 Å². The summed E-state index contributed by atoms with van der Waals surface area (Å²) in [6.45, 7) is 4.17. The average molecular weight is 344 g/mol. The van der Waals surface area contributed by atoms with Crippen LogP contribution in [0.5, 0.6) is 0 Å². The molecule has 0 radical (unpaired) electrons. The summed E-state index contributed by atoms with van der Waals surface area (Å²) in [6.07, 6.45) is 1.43. The highest BCUT2D eigenvalue weighted by Gasteiger charge is 2.13. The first-order chi connectivity index (χ1) is 11.4. The van der Waals surface area contributed by atoms with E-state index >= 15 is 0 Å². The lowest BCUT2D eigenvalue weighted by Crippen LogP contribution is -2.27. The lowest BCUT2D eigenvalue weighted by Gasteiger charge is -2.08. The Kier molecular flexibility index (Phi) is 5.77. The van der Waals surface area contributed by atoms with Gasteiger partial charge in [-0.2, -0.15) is 0 Å². The van der Waals surface area contributed by atoms with Crippen molar-refractivity contribution < 1.29 is 14.7 Å². The lowest BCUT2D eigenvalue weighted by atomic mass is 10.0. The van der Waals surface area contributed by atoms with Crippen LogP contribution >= 0.6 is 11.6 Å². The molecule has 2 aromatic carbocycles. The largest absolute Gasteiger partial charge is 0.477 e. The van der Waals surface area contributed by atoms with E-state index in [2.05, 4.69) is 19.2 Å². The van der Waals surface area contributed by atoms with E-state index in [4.69, 9.17) is 11.6 Å². The zero-order valence-electron chi connectivity index (χ0n) is 13.4. The minimum absolute atomic E-state index is 0.188. The Balaban J connectivity index is 2.20. The number of benzene rings is 2. The first kappa shape index (κ1) is 17.8. The van der Waals surface area contributed by atoms with Gasteiger partial charge in [-0.3, -0.25) is 4.79 Å². The van der Waals surface area contributed by atoms with E-state index in [0.29, 0.717) is 22.1 Å². The molecule has 0 heterocycles. The first-order valence-corrected chi connectivity index (χ1v) is 7.86. The van der Waals surface area contributed by atoms with E-state index in [1.54, 1.807) is 12.1 Å². The molecular weight excluding hydrogens is 326 g/mol. The Morgan fingerprint density at radius 2 is 1.62 bits per heavy atom. The number of rotatable bonds is 5. The van der Waals surface area contributed by atoms with Gasteiger partial charge in [-0.15, -0.1) is 0 Å². The molecule has 2 aromatic rings. The van der Waals surface area contributed by atoms with E-state index in [1.807, 2.05) is 24.3 Å². The number of hydrogen-bond acceptors (Lipinski definition) is 2. The first-order valence-electron chi connectivity index (χ1n) is 7.48. The smallest absolute Gasteiger partial charge is 0.352 e. The zero-order chi connectivity index (χ0) is 17.7. The van der Waals surface area contributed by atoms with Crippen LogP contribution in [-0.4, -0.2) is 17.0 Å². The highest BCUT2D eigenvalue weighted by molar-refractivity contribution is 6.30. The molecule has 2 rings (SSSR count). The van der Waals surface area contributed by atoms with E-state index < -0.39 is 11.9 Å². The second-order valence-corrected chi connectivity index (χ2v) is 6.08. The van der Waals surface area contributed by atoms with Crippen LogP contribution in [0.4, 0.5) is 0 Å². The molecule has 5 heteroatoms. The summed E-state index contributed by atoms with van der Waals surface area (Å²) in [4.78, 5) is 23.5. The van der Waals surface area contributed by atoms with Gasteiger partial charge in [-0.25, -0.2) is 4.79 Å². The molecule has 0 saturated heterocycles. The van der Waals surface area contributed by atoms with Crippen molar-refractivity contribution >= 4 is 29.6 Å². The molecule has 1 amide bonds. The summed E-state index contributed by atoms with van der Waals surface area (Å²) >= 11 is 5.78. The van der Waals surface area contributed by atoms with Crippen molar-refractivity contribution in [1.29, 1.82) is 0 Å². The van der Waals surface area contributed by atoms with Gasteiger partial charge >= 0.3 is 5.97 Å². The summed E-state index contributed by atoms with van der Waals surface area (Å²) in [5.74, 6) is -1.31. The number of carboxylic acids is 1. The monoisotopic (exact) mass is 343 g/mol. The fourth-order valence-electron chi connectivity index (χ4n) is 2.09. The normalized spacial score (nSPS) is 11.4.